The maximum absolute atomic E-state index is 13.0. The van der Waals surface area contributed by atoms with Crippen LogP contribution in [0.15, 0.2) is 41.4 Å². The number of pyridine rings is 1. The van der Waals surface area contributed by atoms with Gasteiger partial charge in [0.15, 0.2) is 0 Å². The number of hydrogen-bond acceptors (Lipinski definition) is 4. The molecule has 0 bridgehead atoms. The number of aromatic nitrogens is 1. The molecule has 0 saturated heterocycles. The number of nitrogens with zero attached hydrogens (tertiary/aromatic N) is 1. The topological polar surface area (TPSA) is 37.0 Å². The fourth-order valence-corrected chi connectivity index (χ4v) is 2.43. The fraction of sp³-hybridized carbons (Fsp3) is 0.154. The van der Waals surface area contributed by atoms with E-state index in [1.807, 2.05) is 0 Å². The number of alkyl halides is 3. The Morgan fingerprint density at radius 3 is 2.57 bits per heavy atom. The molecule has 0 spiro atoms. The molecule has 0 radical (unpaired) electrons. The third-order valence-corrected chi connectivity index (χ3v) is 3.53. The highest BCUT2D eigenvalue weighted by molar-refractivity contribution is 7.97. The van der Waals surface area contributed by atoms with E-state index in [0.717, 1.165) is 17.2 Å². The lowest BCUT2D eigenvalue weighted by atomic mass is 10.2. The van der Waals surface area contributed by atoms with Crippen molar-refractivity contribution < 1.29 is 13.2 Å². The first-order valence-electron chi connectivity index (χ1n) is 5.84. The molecule has 2 aromatic rings. The average molecular weight is 334 g/mol. The second-order valence-electron chi connectivity index (χ2n) is 3.98. The summed E-state index contributed by atoms with van der Waals surface area (Å²) in [4.78, 5) is 4.26. The summed E-state index contributed by atoms with van der Waals surface area (Å²) in [6.45, 7) is 0. The Hall–Kier alpha value is -1.44. The number of anilines is 2. The van der Waals surface area contributed by atoms with Crippen molar-refractivity contribution in [1.82, 2.24) is 9.71 Å². The number of para-hydroxylation sites is 1. The van der Waals surface area contributed by atoms with E-state index >= 15 is 0 Å². The van der Waals surface area contributed by atoms with Gasteiger partial charge in [-0.1, -0.05) is 23.7 Å². The van der Waals surface area contributed by atoms with E-state index in [-0.39, 0.29) is 10.8 Å². The number of nitrogens with one attached hydrogen (secondary N) is 2. The highest BCUT2D eigenvalue weighted by Gasteiger charge is 2.34. The summed E-state index contributed by atoms with van der Waals surface area (Å²) in [5, 5.41) is 2.76. The maximum Gasteiger partial charge on any atom is 0.419 e. The lowest BCUT2D eigenvalue weighted by molar-refractivity contribution is -0.137. The lowest BCUT2D eigenvalue weighted by Gasteiger charge is -2.16. The molecule has 3 nitrogen and oxygen atoms in total. The van der Waals surface area contributed by atoms with Gasteiger partial charge in [0.2, 0.25) is 0 Å². The van der Waals surface area contributed by atoms with Gasteiger partial charge in [0.05, 0.1) is 16.9 Å². The smallest absolute Gasteiger partial charge is 0.354 e. The molecule has 0 aliphatic carbocycles. The van der Waals surface area contributed by atoms with Crippen LogP contribution in [0.3, 0.4) is 0 Å². The first kappa shape index (κ1) is 15.9. The van der Waals surface area contributed by atoms with Crippen molar-refractivity contribution in [3.05, 3.63) is 47.2 Å². The largest absolute Gasteiger partial charge is 0.419 e. The Labute approximate surface area is 129 Å². The molecule has 0 atom stereocenters. The van der Waals surface area contributed by atoms with Crippen LogP contribution in [0.25, 0.3) is 0 Å². The van der Waals surface area contributed by atoms with Crippen molar-refractivity contribution in [2.45, 2.75) is 11.1 Å². The summed E-state index contributed by atoms with van der Waals surface area (Å²) in [6, 6.07) is 8.17. The zero-order valence-electron chi connectivity index (χ0n) is 10.8. The zero-order valence-corrected chi connectivity index (χ0v) is 12.4. The van der Waals surface area contributed by atoms with Gasteiger partial charge in [0.25, 0.3) is 0 Å². The molecule has 21 heavy (non-hydrogen) atoms. The van der Waals surface area contributed by atoms with Crippen LogP contribution in [0, 0.1) is 0 Å². The second kappa shape index (κ2) is 6.55. The highest BCUT2D eigenvalue weighted by atomic mass is 35.5. The van der Waals surface area contributed by atoms with Gasteiger partial charge < -0.3 is 5.32 Å². The molecule has 1 heterocycles. The summed E-state index contributed by atoms with van der Waals surface area (Å²) >= 11 is 6.99. The minimum Gasteiger partial charge on any atom is -0.354 e. The third kappa shape index (κ3) is 4.03. The van der Waals surface area contributed by atoms with Gasteiger partial charge in [-0.05, 0) is 37.2 Å². The van der Waals surface area contributed by atoms with E-state index in [2.05, 4.69) is 15.0 Å². The van der Waals surface area contributed by atoms with Crippen molar-refractivity contribution in [2.75, 3.05) is 12.4 Å². The molecule has 1 aromatic carbocycles. The van der Waals surface area contributed by atoms with Crippen molar-refractivity contribution in [2.24, 2.45) is 0 Å². The predicted molar refractivity (Wildman–Crippen MR) is 78.9 cm³/mol. The Bertz CT molecular complexity index is 634. The molecule has 112 valence electrons. The van der Waals surface area contributed by atoms with Crippen LogP contribution in [0.1, 0.15) is 5.56 Å². The molecular weight excluding hydrogens is 323 g/mol. The van der Waals surface area contributed by atoms with Gasteiger partial charge in [-0.3, -0.25) is 4.72 Å². The molecular formula is C13H11ClF3N3S. The maximum atomic E-state index is 13.0. The van der Waals surface area contributed by atoms with E-state index in [9.17, 15) is 13.2 Å². The van der Waals surface area contributed by atoms with Crippen LogP contribution in [0.4, 0.5) is 24.5 Å². The summed E-state index contributed by atoms with van der Waals surface area (Å²) in [6.07, 6.45) is -3.79. The van der Waals surface area contributed by atoms with Crippen LogP contribution in [0.2, 0.25) is 5.15 Å². The average Bonchev–Trinajstić information content (AvgIpc) is 2.40. The Morgan fingerprint density at radius 2 is 1.90 bits per heavy atom. The van der Waals surface area contributed by atoms with E-state index in [4.69, 9.17) is 11.6 Å². The number of benzene rings is 1. The van der Waals surface area contributed by atoms with Crippen LogP contribution in [-0.2, 0) is 6.18 Å². The van der Waals surface area contributed by atoms with Crippen LogP contribution in [0.5, 0.6) is 0 Å². The quantitative estimate of drug-likeness (QED) is 0.627. The van der Waals surface area contributed by atoms with Gasteiger partial charge in [-0.25, -0.2) is 4.98 Å². The molecule has 0 aliphatic rings. The van der Waals surface area contributed by atoms with E-state index in [1.165, 1.54) is 11.9 Å². The molecule has 0 saturated carbocycles. The first-order valence-corrected chi connectivity index (χ1v) is 7.03. The van der Waals surface area contributed by atoms with Gasteiger partial charge >= 0.3 is 6.18 Å². The molecule has 0 amide bonds. The number of rotatable bonds is 4. The SMILES string of the molecule is CNSc1ccccc1Nc1cc(Cl)ncc1C(F)(F)F. The van der Waals surface area contributed by atoms with Gasteiger partial charge in [-0.2, -0.15) is 13.2 Å². The molecule has 1 aromatic heterocycles. The summed E-state index contributed by atoms with van der Waals surface area (Å²) in [5.74, 6) is 0. The number of hydrogen-bond donors (Lipinski definition) is 2. The van der Waals surface area contributed by atoms with Crippen LogP contribution >= 0.6 is 23.5 Å². The van der Waals surface area contributed by atoms with Gasteiger partial charge in [0, 0.05) is 11.1 Å². The predicted octanol–water partition coefficient (Wildman–Crippen LogP) is 4.72. The van der Waals surface area contributed by atoms with Gasteiger partial charge in [-0.15, -0.1) is 0 Å². The summed E-state index contributed by atoms with van der Waals surface area (Å²) in [7, 11) is 1.73. The lowest BCUT2D eigenvalue weighted by Crippen LogP contribution is -2.10. The molecule has 0 aliphatic heterocycles. The van der Waals surface area contributed by atoms with Crippen molar-refractivity contribution in [1.29, 1.82) is 0 Å². The first-order chi connectivity index (χ1) is 9.91. The van der Waals surface area contributed by atoms with Crippen LogP contribution < -0.4 is 10.0 Å². The zero-order chi connectivity index (χ0) is 15.5. The van der Waals surface area contributed by atoms with E-state index < -0.39 is 11.7 Å². The minimum atomic E-state index is -4.51. The van der Waals surface area contributed by atoms with E-state index in [1.54, 1.807) is 31.3 Å². The van der Waals surface area contributed by atoms with Crippen LogP contribution in [-0.4, -0.2) is 12.0 Å². The normalized spacial score (nSPS) is 11.5. The molecule has 0 fully saturated rings. The number of halogens is 4. The van der Waals surface area contributed by atoms with Crippen molar-refractivity contribution in [3.8, 4) is 0 Å². The standard InChI is InChI=1S/C13H11ClF3N3S/c1-18-21-11-5-3-2-4-9(11)20-10-6-12(14)19-7-8(10)13(15,16)17/h2-7,18H,1H3,(H,19,20). The Balaban J connectivity index is 2.42. The summed E-state index contributed by atoms with van der Waals surface area (Å²) in [5.41, 5.74) is -0.451. The fourth-order valence-electron chi connectivity index (χ4n) is 1.67. The Kier molecular flexibility index (Phi) is 4.97. The molecule has 0 unspecified atom stereocenters. The van der Waals surface area contributed by atoms with Crippen molar-refractivity contribution >= 4 is 34.9 Å². The minimum absolute atomic E-state index is 0.00995. The third-order valence-electron chi connectivity index (χ3n) is 2.54. The Morgan fingerprint density at radius 1 is 1.19 bits per heavy atom. The van der Waals surface area contributed by atoms with Crippen molar-refractivity contribution in [3.63, 3.8) is 0 Å². The monoisotopic (exact) mass is 333 g/mol. The molecule has 2 N–H and O–H groups in total. The highest BCUT2D eigenvalue weighted by Crippen LogP contribution is 2.37. The summed E-state index contributed by atoms with van der Waals surface area (Å²) < 4.78 is 41.9. The van der Waals surface area contributed by atoms with E-state index in [0.29, 0.717) is 5.69 Å². The molecule has 8 heteroatoms. The second-order valence-corrected chi connectivity index (χ2v) is 5.42. The molecule has 2 rings (SSSR count). The van der Waals surface area contributed by atoms with Gasteiger partial charge in [0.1, 0.15) is 5.15 Å².